The first-order chi connectivity index (χ1) is 18.9. The zero-order chi connectivity index (χ0) is 29.1. The molecule has 216 valence electrons. The van der Waals surface area contributed by atoms with Crippen LogP contribution in [0.3, 0.4) is 0 Å². The van der Waals surface area contributed by atoms with Crippen molar-refractivity contribution in [3.63, 3.8) is 0 Å². The number of ether oxygens (including phenoxy) is 1. The maximum absolute atomic E-state index is 14.6. The van der Waals surface area contributed by atoms with Gasteiger partial charge in [-0.1, -0.05) is 11.8 Å². The molecule has 0 aliphatic carbocycles. The number of hydrogen-bond acceptors (Lipinski definition) is 8. The van der Waals surface area contributed by atoms with Gasteiger partial charge in [0.2, 0.25) is 10.0 Å². The van der Waals surface area contributed by atoms with E-state index in [1.807, 2.05) is 11.9 Å². The number of sulfonamides is 1. The molecule has 9 nitrogen and oxygen atoms in total. The summed E-state index contributed by atoms with van der Waals surface area (Å²) in [6.07, 6.45) is 2.11. The van der Waals surface area contributed by atoms with Crippen molar-refractivity contribution in [2.24, 2.45) is 0 Å². The van der Waals surface area contributed by atoms with Crippen molar-refractivity contribution in [3.05, 3.63) is 42.2 Å². The first-order valence-electron chi connectivity index (χ1n) is 12.1. The molecule has 3 N–H and O–H groups in total. The van der Waals surface area contributed by atoms with Crippen molar-refractivity contribution in [3.8, 4) is 17.6 Å². The summed E-state index contributed by atoms with van der Waals surface area (Å²) in [4.78, 5) is 6.14. The highest BCUT2D eigenvalue weighted by atomic mass is 32.2. The molecule has 1 fully saturated rings. The van der Waals surface area contributed by atoms with Crippen LogP contribution >= 0.6 is 11.8 Å². The second kappa shape index (κ2) is 12.1. The van der Waals surface area contributed by atoms with Crippen LogP contribution in [0.2, 0.25) is 0 Å². The van der Waals surface area contributed by atoms with Gasteiger partial charge < -0.3 is 24.7 Å². The molecule has 3 aromatic rings. The normalized spacial score (nSPS) is 18.3. The van der Waals surface area contributed by atoms with Gasteiger partial charge in [-0.2, -0.15) is 13.2 Å². The number of piperidine rings is 1. The molecule has 0 amide bonds. The summed E-state index contributed by atoms with van der Waals surface area (Å²) in [5.74, 6) is 6.19. The van der Waals surface area contributed by atoms with E-state index in [1.165, 1.54) is 55.2 Å². The molecule has 1 aliphatic heterocycles. The lowest BCUT2D eigenvalue weighted by Crippen LogP contribution is -2.46. The van der Waals surface area contributed by atoms with Crippen molar-refractivity contribution in [1.82, 2.24) is 19.0 Å². The van der Waals surface area contributed by atoms with Gasteiger partial charge in [-0.25, -0.2) is 22.5 Å². The zero-order valence-electron chi connectivity index (χ0n) is 21.8. The quantitative estimate of drug-likeness (QED) is 0.204. The molecular formula is C25H28F4N6O3S2. The smallest absolute Gasteiger partial charge is 0.447 e. The van der Waals surface area contributed by atoms with Crippen LogP contribution in [0.1, 0.15) is 12.0 Å². The number of nitrogens with zero attached hydrogens (tertiary/aromatic N) is 3. The van der Waals surface area contributed by atoms with Crippen molar-refractivity contribution in [2.75, 3.05) is 51.5 Å². The first kappa shape index (κ1) is 29.8. The van der Waals surface area contributed by atoms with Gasteiger partial charge in [0.25, 0.3) is 0 Å². The Morgan fingerprint density at radius 3 is 2.73 bits per heavy atom. The van der Waals surface area contributed by atoms with Crippen LogP contribution < -0.4 is 20.1 Å². The largest absolute Gasteiger partial charge is 0.495 e. The summed E-state index contributed by atoms with van der Waals surface area (Å²) in [5.41, 5.74) is -3.79. The van der Waals surface area contributed by atoms with E-state index in [-0.39, 0.29) is 46.2 Å². The minimum Gasteiger partial charge on any atom is -0.495 e. The summed E-state index contributed by atoms with van der Waals surface area (Å²) in [6.45, 7) is 0.898. The Morgan fingerprint density at radius 1 is 1.27 bits per heavy atom. The van der Waals surface area contributed by atoms with E-state index in [0.717, 1.165) is 0 Å². The first-order valence-corrected chi connectivity index (χ1v) is 14.4. The highest BCUT2D eigenvalue weighted by molar-refractivity contribution is 8.00. The Labute approximate surface area is 233 Å². The van der Waals surface area contributed by atoms with Crippen LogP contribution in [0.5, 0.6) is 5.75 Å². The van der Waals surface area contributed by atoms with E-state index >= 15 is 0 Å². The Morgan fingerprint density at radius 2 is 2.05 bits per heavy atom. The molecule has 2 atom stereocenters. The van der Waals surface area contributed by atoms with Crippen molar-refractivity contribution < 1.29 is 30.7 Å². The monoisotopic (exact) mass is 600 g/mol. The number of fused-ring (bicyclic) bond motifs is 1. The minimum absolute atomic E-state index is 0.00136. The molecule has 1 aliphatic rings. The molecule has 0 spiro atoms. The fourth-order valence-corrected chi connectivity index (χ4v) is 5.73. The van der Waals surface area contributed by atoms with E-state index < -0.39 is 27.7 Å². The summed E-state index contributed by atoms with van der Waals surface area (Å²) < 4.78 is 88.2. The van der Waals surface area contributed by atoms with Gasteiger partial charge in [0.1, 0.15) is 16.9 Å². The molecule has 0 bridgehead atoms. The van der Waals surface area contributed by atoms with Crippen LogP contribution in [-0.4, -0.2) is 81.3 Å². The number of nitrogens with one attached hydrogen (secondary N) is 3. The molecule has 4 rings (SSSR count). The molecular weight excluding hydrogens is 572 g/mol. The number of hydrogen-bond donors (Lipinski definition) is 3. The van der Waals surface area contributed by atoms with Crippen molar-refractivity contribution >= 4 is 38.8 Å². The molecule has 0 unspecified atom stereocenters. The number of halogens is 4. The maximum atomic E-state index is 14.6. The van der Waals surface area contributed by atoms with Crippen LogP contribution in [0.4, 0.5) is 29.1 Å². The standard InChI is InChI=1S/C25H28F4N6O3S2/c1-30-40(36,37)17-6-7-22(38-3)20(14-17)31-9-4-5-16-13-21-23(33-19-8-11-34(2)15-18(19)26)32-10-12-35(21)24(16)39-25(27,28)29/h6-7,10,12-14,18-19,30-31H,8-9,11,15H2,1-3H3,(H,32,33)/t18-,19+/m0/s1. The lowest BCUT2D eigenvalue weighted by molar-refractivity contribution is -0.0329. The minimum atomic E-state index is -4.58. The lowest BCUT2D eigenvalue weighted by Gasteiger charge is -2.33. The van der Waals surface area contributed by atoms with Gasteiger partial charge in [-0.05, 0) is 44.8 Å². The molecule has 0 radical (unpaired) electrons. The second-order valence-corrected chi connectivity index (χ2v) is 11.9. The molecule has 3 heterocycles. The van der Waals surface area contributed by atoms with E-state index in [2.05, 4.69) is 32.2 Å². The van der Waals surface area contributed by atoms with Gasteiger partial charge in [0.15, 0.2) is 5.82 Å². The van der Waals surface area contributed by atoms with Crippen LogP contribution in [0.25, 0.3) is 5.52 Å². The molecule has 0 saturated carbocycles. The van der Waals surface area contributed by atoms with Gasteiger partial charge in [-0.15, -0.1) is 0 Å². The Bertz CT molecular complexity index is 1540. The predicted molar refractivity (Wildman–Crippen MR) is 146 cm³/mol. The average Bonchev–Trinajstić information content (AvgIpc) is 3.24. The summed E-state index contributed by atoms with van der Waals surface area (Å²) in [7, 11) is 0.823. The fraction of sp³-hybridized carbons (Fsp3) is 0.400. The number of alkyl halides is 4. The molecule has 1 saturated heterocycles. The Hall–Kier alpha value is -3.19. The van der Waals surface area contributed by atoms with Gasteiger partial charge in [0.05, 0.1) is 41.4 Å². The number of likely N-dealkylation sites (tertiary alicyclic amines) is 1. The summed E-state index contributed by atoms with van der Waals surface area (Å²) in [6, 6.07) is 5.19. The zero-order valence-corrected chi connectivity index (χ0v) is 23.5. The topological polar surface area (TPSA) is 100 Å². The SMILES string of the molecule is CNS(=O)(=O)c1ccc(OC)c(NCC#Cc2cc3c(N[C@@H]4CCN(C)C[C@@H]4F)nccn3c2SC(F)(F)F)c1. The van der Waals surface area contributed by atoms with E-state index in [4.69, 9.17) is 4.74 Å². The Balaban J connectivity index is 1.63. The average molecular weight is 601 g/mol. The molecule has 2 aromatic heterocycles. The summed E-state index contributed by atoms with van der Waals surface area (Å²) >= 11 is -0.303. The van der Waals surface area contributed by atoms with Crippen LogP contribution in [0.15, 0.2) is 46.6 Å². The highest BCUT2D eigenvalue weighted by Crippen LogP contribution is 2.40. The van der Waals surface area contributed by atoms with Gasteiger partial charge in [0, 0.05) is 37.2 Å². The predicted octanol–water partition coefficient (Wildman–Crippen LogP) is 3.78. The number of anilines is 2. The highest BCUT2D eigenvalue weighted by Gasteiger charge is 2.33. The molecule has 15 heteroatoms. The third-order valence-electron chi connectivity index (χ3n) is 6.27. The number of thioether (sulfide) groups is 1. The molecule has 40 heavy (non-hydrogen) atoms. The van der Waals surface area contributed by atoms with E-state index in [1.54, 1.807) is 0 Å². The van der Waals surface area contributed by atoms with Crippen molar-refractivity contribution in [1.29, 1.82) is 0 Å². The third-order valence-corrected chi connectivity index (χ3v) is 8.52. The molecule has 1 aromatic carbocycles. The van der Waals surface area contributed by atoms with Gasteiger partial charge >= 0.3 is 5.51 Å². The Kier molecular flexibility index (Phi) is 9.03. The van der Waals surface area contributed by atoms with E-state index in [9.17, 15) is 26.0 Å². The lowest BCUT2D eigenvalue weighted by atomic mass is 10.0. The second-order valence-electron chi connectivity index (χ2n) is 8.98. The van der Waals surface area contributed by atoms with Crippen LogP contribution in [0, 0.1) is 11.8 Å². The summed E-state index contributed by atoms with van der Waals surface area (Å²) in [5, 5.41) is 5.87. The number of rotatable bonds is 8. The third kappa shape index (κ3) is 6.92. The van der Waals surface area contributed by atoms with Crippen molar-refractivity contribution in [2.45, 2.75) is 34.1 Å². The maximum Gasteiger partial charge on any atom is 0.447 e. The van der Waals surface area contributed by atoms with E-state index in [0.29, 0.717) is 29.9 Å². The fourth-order valence-electron chi connectivity index (χ4n) is 4.28. The van der Waals surface area contributed by atoms with Gasteiger partial charge in [-0.3, -0.25) is 0 Å². The number of aromatic nitrogens is 2. The number of benzene rings is 1. The van der Waals surface area contributed by atoms with Crippen LogP contribution in [-0.2, 0) is 10.0 Å². The number of methoxy groups -OCH3 is 1.